The quantitative estimate of drug-likeness (QED) is 0.747. The van der Waals surface area contributed by atoms with Crippen molar-refractivity contribution in [3.8, 4) is 0 Å². The van der Waals surface area contributed by atoms with Crippen LogP contribution in [0.2, 0.25) is 0 Å². The van der Waals surface area contributed by atoms with E-state index in [1.807, 2.05) is 0 Å². The van der Waals surface area contributed by atoms with Crippen LogP contribution in [-0.4, -0.2) is 49.2 Å². The van der Waals surface area contributed by atoms with Crippen molar-refractivity contribution in [2.45, 2.75) is 38.2 Å². The van der Waals surface area contributed by atoms with Gasteiger partial charge in [-0.2, -0.15) is 0 Å². The van der Waals surface area contributed by atoms with Crippen molar-refractivity contribution in [1.29, 1.82) is 0 Å². The van der Waals surface area contributed by atoms with E-state index < -0.39 is 12.0 Å². The Labute approximate surface area is 119 Å². The van der Waals surface area contributed by atoms with Gasteiger partial charge in [0.1, 0.15) is 0 Å². The van der Waals surface area contributed by atoms with Crippen molar-refractivity contribution in [1.82, 2.24) is 10.2 Å². The average molecular weight is 281 g/mol. The molecule has 0 saturated carbocycles. The number of urea groups is 1. The van der Waals surface area contributed by atoms with Crippen molar-refractivity contribution < 1.29 is 14.3 Å². The summed E-state index contributed by atoms with van der Waals surface area (Å²) in [6.07, 6.45) is 7.35. The fourth-order valence-corrected chi connectivity index (χ4v) is 2.58. The molecule has 1 aliphatic carbocycles. The highest BCUT2D eigenvalue weighted by Crippen LogP contribution is 2.19. The van der Waals surface area contributed by atoms with E-state index in [1.165, 1.54) is 18.4 Å². The molecule has 0 bridgehead atoms. The Hall–Kier alpha value is -1.56. The van der Waals surface area contributed by atoms with Crippen molar-refractivity contribution in [3.05, 3.63) is 11.6 Å². The predicted octanol–water partition coefficient (Wildman–Crippen LogP) is 0.773. The van der Waals surface area contributed by atoms with Crippen molar-refractivity contribution in [3.63, 3.8) is 0 Å². The molecule has 1 aliphatic heterocycles. The van der Waals surface area contributed by atoms with E-state index in [0.29, 0.717) is 19.7 Å². The number of morpholine rings is 1. The SMILES string of the molecule is NC(=O)[C@H]1CN(C(=O)NCCC2=CCCCC2)CCO1. The van der Waals surface area contributed by atoms with Gasteiger partial charge in [0, 0.05) is 13.1 Å². The number of amides is 3. The molecule has 0 radical (unpaired) electrons. The summed E-state index contributed by atoms with van der Waals surface area (Å²) in [6, 6.07) is -0.143. The van der Waals surface area contributed by atoms with Gasteiger partial charge in [-0.3, -0.25) is 4.79 Å². The number of hydrogen-bond donors (Lipinski definition) is 2. The van der Waals surface area contributed by atoms with E-state index in [4.69, 9.17) is 10.5 Å². The van der Waals surface area contributed by atoms with E-state index in [2.05, 4.69) is 11.4 Å². The summed E-state index contributed by atoms with van der Waals surface area (Å²) in [4.78, 5) is 24.7. The van der Waals surface area contributed by atoms with Crippen LogP contribution in [0.1, 0.15) is 32.1 Å². The van der Waals surface area contributed by atoms with Crippen LogP contribution in [0.3, 0.4) is 0 Å². The maximum atomic E-state index is 12.0. The van der Waals surface area contributed by atoms with Crippen LogP contribution in [0.25, 0.3) is 0 Å². The van der Waals surface area contributed by atoms with E-state index in [-0.39, 0.29) is 12.6 Å². The molecule has 3 N–H and O–H groups in total. The molecule has 0 aromatic heterocycles. The lowest BCUT2D eigenvalue weighted by Crippen LogP contribution is -2.53. The maximum absolute atomic E-state index is 12.0. The second kappa shape index (κ2) is 7.28. The second-order valence-electron chi connectivity index (χ2n) is 5.30. The number of carbonyl (C=O) groups excluding carboxylic acids is 2. The average Bonchev–Trinajstić information content (AvgIpc) is 2.48. The second-order valence-corrected chi connectivity index (χ2v) is 5.30. The van der Waals surface area contributed by atoms with Crippen LogP contribution in [0, 0.1) is 0 Å². The van der Waals surface area contributed by atoms with Crippen LogP contribution in [0.4, 0.5) is 4.79 Å². The minimum atomic E-state index is -0.685. The Morgan fingerprint density at radius 1 is 1.45 bits per heavy atom. The largest absolute Gasteiger partial charge is 0.367 e. The summed E-state index contributed by atoms with van der Waals surface area (Å²) in [5.41, 5.74) is 6.64. The molecular weight excluding hydrogens is 258 g/mol. The monoisotopic (exact) mass is 281 g/mol. The highest BCUT2D eigenvalue weighted by molar-refractivity contribution is 5.81. The van der Waals surface area contributed by atoms with Gasteiger partial charge in [-0.15, -0.1) is 0 Å². The van der Waals surface area contributed by atoms with Crippen LogP contribution in [0.5, 0.6) is 0 Å². The normalized spacial score (nSPS) is 23.1. The number of hydrogen-bond acceptors (Lipinski definition) is 3. The number of rotatable bonds is 4. The van der Waals surface area contributed by atoms with Gasteiger partial charge >= 0.3 is 6.03 Å². The molecule has 0 unspecified atom stereocenters. The van der Waals surface area contributed by atoms with Crippen molar-refractivity contribution in [2.24, 2.45) is 5.73 Å². The lowest BCUT2D eigenvalue weighted by Gasteiger charge is -2.31. The minimum Gasteiger partial charge on any atom is -0.367 e. The van der Waals surface area contributed by atoms with Crippen molar-refractivity contribution >= 4 is 11.9 Å². The molecule has 6 heteroatoms. The molecule has 2 aliphatic rings. The van der Waals surface area contributed by atoms with Crippen molar-refractivity contribution in [2.75, 3.05) is 26.2 Å². The molecule has 0 spiro atoms. The van der Waals surface area contributed by atoms with Gasteiger partial charge in [-0.1, -0.05) is 11.6 Å². The fourth-order valence-electron chi connectivity index (χ4n) is 2.58. The van der Waals surface area contributed by atoms with Crippen LogP contribution in [-0.2, 0) is 9.53 Å². The lowest BCUT2D eigenvalue weighted by molar-refractivity contribution is -0.133. The number of nitrogens with zero attached hydrogens (tertiary/aromatic N) is 1. The highest BCUT2D eigenvalue weighted by atomic mass is 16.5. The Morgan fingerprint density at radius 2 is 2.30 bits per heavy atom. The third-order valence-corrected chi connectivity index (χ3v) is 3.78. The Kier molecular flexibility index (Phi) is 5.40. The summed E-state index contributed by atoms with van der Waals surface area (Å²) in [6.45, 7) is 1.73. The van der Waals surface area contributed by atoms with E-state index in [0.717, 1.165) is 19.3 Å². The predicted molar refractivity (Wildman–Crippen MR) is 75.1 cm³/mol. The first kappa shape index (κ1) is 14.8. The van der Waals surface area contributed by atoms with Crippen LogP contribution >= 0.6 is 0 Å². The zero-order chi connectivity index (χ0) is 14.4. The first-order chi connectivity index (χ1) is 9.66. The first-order valence-electron chi connectivity index (χ1n) is 7.28. The number of allylic oxidation sites excluding steroid dienone is 1. The van der Waals surface area contributed by atoms with Crippen LogP contribution < -0.4 is 11.1 Å². The number of nitrogens with two attached hydrogens (primary N) is 1. The molecule has 0 aromatic rings. The summed E-state index contributed by atoms with van der Waals surface area (Å²) < 4.78 is 5.21. The summed E-state index contributed by atoms with van der Waals surface area (Å²) in [5.74, 6) is -0.519. The zero-order valence-corrected chi connectivity index (χ0v) is 11.8. The van der Waals surface area contributed by atoms with Gasteiger partial charge < -0.3 is 20.7 Å². The summed E-state index contributed by atoms with van der Waals surface area (Å²) >= 11 is 0. The third-order valence-electron chi connectivity index (χ3n) is 3.78. The van der Waals surface area contributed by atoms with Gasteiger partial charge in [0.05, 0.1) is 13.2 Å². The zero-order valence-electron chi connectivity index (χ0n) is 11.8. The minimum absolute atomic E-state index is 0.143. The molecule has 2 rings (SSSR count). The number of nitrogens with one attached hydrogen (secondary N) is 1. The summed E-state index contributed by atoms with van der Waals surface area (Å²) in [5, 5.41) is 2.90. The Balaban J connectivity index is 1.71. The van der Waals surface area contributed by atoms with E-state index in [1.54, 1.807) is 4.90 Å². The van der Waals surface area contributed by atoms with Gasteiger partial charge in [0.2, 0.25) is 5.91 Å². The van der Waals surface area contributed by atoms with Gasteiger partial charge in [-0.25, -0.2) is 4.79 Å². The van der Waals surface area contributed by atoms with Gasteiger partial charge in [-0.05, 0) is 32.1 Å². The van der Waals surface area contributed by atoms with E-state index in [9.17, 15) is 9.59 Å². The molecular formula is C14H23N3O3. The molecule has 20 heavy (non-hydrogen) atoms. The molecule has 1 fully saturated rings. The molecule has 6 nitrogen and oxygen atoms in total. The molecule has 1 saturated heterocycles. The van der Waals surface area contributed by atoms with Crippen LogP contribution in [0.15, 0.2) is 11.6 Å². The van der Waals surface area contributed by atoms with Gasteiger partial charge in [0.15, 0.2) is 6.10 Å². The summed E-state index contributed by atoms with van der Waals surface area (Å²) in [7, 11) is 0. The number of ether oxygens (including phenoxy) is 1. The molecule has 1 heterocycles. The first-order valence-corrected chi connectivity index (χ1v) is 7.28. The molecule has 112 valence electrons. The lowest BCUT2D eigenvalue weighted by atomic mass is 9.97. The number of primary amides is 1. The molecule has 1 atom stereocenters. The fraction of sp³-hybridized carbons (Fsp3) is 0.714. The highest BCUT2D eigenvalue weighted by Gasteiger charge is 2.27. The Morgan fingerprint density at radius 3 is 3.00 bits per heavy atom. The standard InChI is InChI=1S/C14H23N3O3/c15-13(18)12-10-17(8-9-20-12)14(19)16-7-6-11-4-2-1-3-5-11/h4,12H,1-3,5-10H2,(H2,15,18)(H,16,19)/t12-/m1/s1. The topological polar surface area (TPSA) is 84.7 Å². The Bertz CT molecular complexity index is 395. The number of carbonyl (C=O) groups is 2. The van der Waals surface area contributed by atoms with E-state index >= 15 is 0 Å². The smallest absolute Gasteiger partial charge is 0.317 e. The maximum Gasteiger partial charge on any atom is 0.317 e. The molecule has 3 amide bonds. The third kappa shape index (κ3) is 4.23. The van der Waals surface area contributed by atoms with Gasteiger partial charge in [0.25, 0.3) is 0 Å². The molecule has 0 aromatic carbocycles.